The molecule has 0 aliphatic heterocycles. The summed E-state index contributed by atoms with van der Waals surface area (Å²) in [5, 5.41) is 13.7. The van der Waals surface area contributed by atoms with E-state index < -0.39 is 4.92 Å². The number of hydrogen-bond donors (Lipinski definition) is 1. The second kappa shape index (κ2) is 8.15. The first-order chi connectivity index (χ1) is 11.9. The van der Waals surface area contributed by atoms with Gasteiger partial charge in [0, 0.05) is 11.6 Å². The van der Waals surface area contributed by atoms with Gasteiger partial charge in [0.05, 0.1) is 33.5 Å². The van der Waals surface area contributed by atoms with Gasteiger partial charge in [-0.25, -0.2) is 0 Å². The summed E-state index contributed by atoms with van der Waals surface area (Å²) in [6.45, 7) is 3.93. The van der Waals surface area contributed by atoms with Crippen LogP contribution in [0.4, 0.5) is 11.4 Å². The third kappa shape index (κ3) is 4.19. The van der Waals surface area contributed by atoms with Gasteiger partial charge in [-0.1, -0.05) is 6.07 Å². The second-order valence-corrected chi connectivity index (χ2v) is 6.25. The van der Waals surface area contributed by atoms with Crippen molar-refractivity contribution in [1.82, 2.24) is 0 Å². The molecule has 2 aromatic carbocycles. The minimum Gasteiger partial charge on any atom is -0.493 e. The maximum absolute atomic E-state index is 12.6. The zero-order chi connectivity index (χ0) is 18.6. The fourth-order valence-corrected chi connectivity index (χ4v) is 3.04. The Labute approximate surface area is 158 Å². The average molecular weight is 456 g/mol. The van der Waals surface area contributed by atoms with E-state index >= 15 is 0 Å². The normalized spacial score (nSPS) is 10.2. The zero-order valence-electron chi connectivity index (χ0n) is 14.0. The van der Waals surface area contributed by atoms with Crippen LogP contribution >= 0.6 is 22.6 Å². The number of ether oxygens (including phenoxy) is 2. The predicted molar refractivity (Wildman–Crippen MR) is 103 cm³/mol. The number of halogens is 1. The summed E-state index contributed by atoms with van der Waals surface area (Å²) in [7, 11) is 1.50. The highest BCUT2D eigenvalue weighted by atomic mass is 127. The molecule has 132 valence electrons. The van der Waals surface area contributed by atoms with E-state index in [2.05, 4.69) is 27.9 Å². The molecule has 0 fully saturated rings. The van der Waals surface area contributed by atoms with Gasteiger partial charge in [-0.15, -0.1) is 0 Å². The molecule has 0 saturated heterocycles. The lowest BCUT2D eigenvalue weighted by atomic mass is 10.1. The minimum atomic E-state index is -0.478. The number of rotatable bonds is 6. The van der Waals surface area contributed by atoms with Crippen molar-refractivity contribution in [2.24, 2.45) is 0 Å². The molecular formula is C17H17IN2O5. The first-order valence-corrected chi connectivity index (χ1v) is 8.52. The summed E-state index contributed by atoms with van der Waals surface area (Å²) in [6, 6.07) is 7.80. The molecule has 25 heavy (non-hydrogen) atoms. The number of nitro benzene ring substituents is 1. The maximum Gasteiger partial charge on any atom is 0.274 e. The number of carbonyl (C=O) groups is 1. The molecule has 2 rings (SSSR count). The van der Waals surface area contributed by atoms with E-state index in [4.69, 9.17) is 9.47 Å². The van der Waals surface area contributed by atoms with Gasteiger partial charge in [0.1, 0.15) is 0 Å². The van der Waals surface area contributed by atoms with Gasteiger partial charge in [-0.2, -0.15) is 0 Å². The predicted octanol–water partition coefficient (Wildman–Crippen LogP) is 4.17. The number of methoxy groups -OCH3 is 1. The lowest BCUT2D eigenvalue weighted by Crippen LogP contribution is -2.14. The number of carbonyl (C=O) groups excluding carboxylic acids is 1. The third-order valence-electron chi connectivity index (χ3n) is 3.53. The molecule has 2 aromatic rings. The highest BCUT2D eigenvalue weighted by Gasteiger charge is 2.18. The molecule has 1 amide bonds. The first kappa shape index (κ1) is 19.0. The van der Waals surface area contributed by atoms with Crippen LogP contribution in [0.3, 0.4) is 0 Å². The Balaban J connectivity index is 2.35. The number of amides is 1. The molecule has 1 N–H and O–H groups in total. The second-order valence-electron chi connectivity index (χ2n) is 5.08. The van der Waals surface area contributed by atoms with Gasteiger partial charge >= 0.3 is 0 Å². The van der Waals surface area contributed by atoms with E-state index in [1.54, 1.807) is 25.1 Å². The van der Waals surface area contributed by atoms with Crippen LogP contribution in [0.1, 0.15) is 22.8 Å². The van der Waals surface area contributed by atoms with Crippen molar-refractivity contribution >= 4 is 39.9 Å². The maximum atomic E-state index is 12.6. The Morgan fingerprint density at radius 1 is 1.36 bits per heavy atom. The monoisotopic (exact) mass is 456 g/mol. The molecule has 0 radical (unpaired) electrons. The van der Waals surface area contributed by atoms with Crippen molar-refractivity contribution < 1.29 is 19.2 Å². The van der Waals surface area contributed by atoms with Crippen molar-refractivity contribution in [1.29, 1.82) is 0 Å². The Kier molecular flexibility index (Phi) is 6.18. The van der Waals surface area contributed by atoms with Crippen LogP contribution in [-0.2, 0) is 0 Å². The largest absolute Gasteiger partial charge is 0.493 e. The highest BCUT2D eigenvalue weighted by molar-refractivity contribution is 14.1. The van der Waals surface area contributed by atoms with E-state index in [1.165, 1.54) is 19.2 Å². The summed E-state index contributed by atoms with van der Waals surface area (Å²) in [4.78, 5) is 23.1. The van der Waals surface area contributed by atoms with Crippen LogP contribution in [0.2, 0.25) is 0 Å². The summed E-state index contributed by atoms with van der Waals surface area (Å²) in [5.41, 5.74) is 1.11. The molecule has 0 aliphatic carbocycles. The van der Waals surface area contributed by atoms with Crippen LogP contribution in [0.15, 0.2) is 30.3 Å². The van der Waals surface area contributed by atoms with Crippen LogP contribution in [0.25, 0.3) is 0 Å². The van der Waals surface area contributed by atoms with Gasteiger partial charge < -0.3 is 14.8 Å². The number of nitrogens with zero attached hydrogens (tertiary/aromatic N) is 1. The fraction of sp³-hybridized carbons (Fsp3) is 0.235. The van der Waals surface area contributed by atoms with Crippen LogP contribution < -0.4 is 14.8 Å². The summed E-state index contributed by atoms with van der Waals surface area (Å²) >= 11 is 2.07. The van der Waals surface area contributed by atoms with E-state index in [0.29, 0.717) is 34.9 Å². The van der Waals surface area contributed by atoms with Crippen molar-refractivity contribution in [2.45, 2.75) is 13.8 Å². The number of nitro groups is 1. The molecule has 0 aliphatic rings. The lowest BCUT2D eigenvalue weighted by Gasteiger charge is -2.14. The molecule has 7 nitrogen and oxygen atoms in total. The van der Waals surface area contributed by atoms with Gasteiger partial charge in [0.2, 0.25) is 0 Å². The van der Waals surface area contributed by atoms with Gasteiger partial charge in [0.25, 0.3) is 11.6 Å². The number of benzene rings is 2. The van der Waals surface area contributed by atoms with Gasteiger partial charge in [-0.3, -0.25) is 14.9 Å². The molecule has 0 heterocycles. The van der Waals surface area contributed by atoms with Crippen LogP contribution in [0, 0.1) is 20.6 Å². The van der Waals surface area contributed by atoms with Crippen LogP contribution in [-0.4, -0.2) is 24.5 Å². The summed E-state index contributed by atoms with van der Waals surface area (Å²) in [6.07, 6.45) is 0. The molecule has 0 unspecified atom stereocenters. The number of hydrogen-bond acceptors (Lipinski definition) is 5. The standard InChI is InChI=1S/C17H17IN2O5/c1-4-25-16-12(18)8-11(9-15(16)24-3)17(21)19-13-6-5-7-14(10(13)2)20(22)23/h5-9H,4H2,1-3H3,(H,19,21). The van der Waals surface area contributed by atoms with E-state index in [0.717, 1.165) is 3.57 Å². The topological polar surface area (TPSA) is 90.7 Å². The van der Waals surface area contributed by atoms with E-state index in [9.17, 15) is 14.9 Å². The number of anilines is 1. The SMILES string of the molecule is CCOc1c(I)cc(C(=O)Nc2cccc([N+](=O)[O-])c2C)cc1OC. The number of nitrogens with one attached hydrogen (secondary N) is 1. The Bertz CT molecular complexity index is 823. The summed E-state index contributed by atoms with van der Waals surface area (Å²) in [5.74, 6) is 0.645. The molecule has 0 atom stereocenters. The van der Waals surface area contributed by atoms with Gasteiger partial charge in [0.15, 0.2) is 11.5 Å². The Morgan fingerprint density at radius 3 is 2.68 bits per heavy atom. The molecule has 0 aromatic heterocycles. The zero-order valence-corrected chi connectivity index (χ0v) is 16.1. The Morgan fingerprint density at radius 2 is 2.08 bits per heavy atom. The molecule has 0 saturated carbocycles. The highest BCUT2D eigenvalue weighted by Crippen LogP contribution is 2.34. The van der Waals surface area contributed by atoms with Crippen molar-refractivity contribution in [3.63, 3.8) is 0 Å². The minimum absolute atomic E-state index is 0.0448. The summed E-state index contributed by atoms with van der Waals surface area (Å²) < 4.78 is 11.6. The molecule has 8 heteroatoms. The van der Waals surface area contributed by atoms with Gasteiger partial charge in [-0.05, 0) is 54.6 Å². The smallest absolute Gasteiger partial charge is 0.274 e. The van der Waals surface area contributed by atoms with Crippen molar-refractivity contribution in [3.05, 3.63) is 55.1 Å². The van der Waals surface area contributed by atoms with E-state index in [1.807, 2.05) is 6.92 Å². The molecule has 0 bridgehead atoms. The molecular weight excluding hydrogens is 439 g/mol. The fourth-order valence-electron chi connectivity index (χ4n) is 2.29. The Hall–Kier alpha value is -2.36. The first-order valence-electron chi connectivity index (χ1n) is 7.44. The van der Waals surface area contributed by atoms with Crippen molar-refractivity contribution in [2.75, 3.05) is 19.0 Å². The quantitative estimate of drug-likeness (QED) is 0.401. The molecule has 0 spiro atoms. The third-order valence-corrected chi connectivity index (χ3v) is 4.33. The van der Waals surface area contributed by atoms with E-state index in [-0.39, 0.29) is 11.6 Å². The lowest BCUT2D eigenvalue weighted by molar-refractivity contribution is -0.385. The average Bonchev–Trinajstić information content (AvgIpc) is 2.58. The van der Waals surface area contributed by atoms with Crippen molar-refractivity contribution in [3.8, 4) is 11.5 Å². The van der Waals surface area contributed by atoms with Crippen LogP contribution in [0.5, 0.6) is 11.5 Å².